The summed E-state index contributed by atoms with van der Waals surface area (Å²) in [6, 6.07) is 6.16. The Morgan fingerprint density at radius 1 is 1.20 bits per heavy atom. The molecule has 4 rings (SSSR count). The number of thiophene rings is 1. The molecule has 1 aliphatic heterocycles. The summed E-state index contributed by atoms with van der Waals surface area (Å²) in [7, 11) is 0. The lowest BCUT2D eigenvalue weighted by Gasteiger charge is -2.33. The minimum atomic E-state index is -0.113. The van der Waals surface area contributed by atoms with Crippen LogP contribution in [-0.4, -0.2) is 61.5 Å². The van der Waals surface area contributed by atoms with Crippen LogP contribution in [0.15, 0.2) is 23.6 Å². The highest BCUT2D eigenvalue weighted by molar-refractivity contribution is 7.09. The molecule has 1 aliphatic rings. The van der Waals surface area contributed by atoms with Gasteiger partial charge in [0, 0.05) is 49.0 Å². The van der Waals surface area contributed by atoms with Crippen LogP contribution in [0.1, 0.15) is 26.9 Å². The lowest BCUT2D eigenvalue weighted by atomic mass is 10.3. The van der Waals surface area contributed by atoms with E-state index in [1.54, 1.807) is 15.9 Å². The number of aryl methyl sites for hydroxylation is 2. The third-order valence-electron chi connectivity index (χ3n) is 4.43. The van der Waals surface area contributed by atoms with E-state index < -0.39 is 0 Å². The fraction of sp³-hybridized carbons (Fsp3) is 0.412. The van der Waals surface area contributed by atoms with Gasteiger partial charge in [-0.3, -0.25) is 9.69 Å². The van der Waals surface area contributed by atoms with E-state index in [0.29, 0.717) is 18.9 Å². The van der Waals surface area contributed by atoms with E-state index >= 15 is 0 Å². The van der Waals surface area contributed by atoms with Crippen molar-refractivity contribution in [3.8, 4) is 0 Å². The number of hydrogen-bond donors (Lipinski definition) is 0. The molecule has 1 amide bonds. The first kappa shape index (κ1) is 16.2. The maximum absolute atomic E-state index is 12.7. The van der Waals surface area contributed by atoms with Crippen LogP contribution < -0.4 is 0 Å². The molecule has 0 bridgehead atoms. The zero-order valence-corrected chi connectivity index (χ0v) is 15.2. The van der Waals surface area contributed by atoms with Gasteiger partial charge in [0.05, 0.1) is 0 Å². The van der Waals surface area contributed by atoms with Gasteiger partial charge in [0.25, 0.3) is 11.7 Å². The Morgan fingerprint density at radius 3 is 2.72 bits per heavy atom. The quantitative estimate of drug-likeness (QED) is 0.715. The first-order chi connectivity index (χ1) is 12.1. The first-order valence-corrected chi connectivity index (χ1v) is 9.23. The topological polar surface area (TPSA) is 66.6 Å². The Balaban J connectivity index is 1.44. The van der Waals surface area contributed by atoms with Crippen molar-refractivity contribution in [1.29, 1.82) is 0 Å². The summed E-state index contributed by atoms with van der Waals surface area (Å²) in [5.41, 5.74) is 1.80. The SMILES string of the molecule is Cc1cc(C)n2nc(C(=O)N3CCN(Cc4cccs4)CC3)nc2n1. The fourth-order valence-electron chi connectivity index (χ4n) is 3.13. The summed E-state index contributed by atoms with van der Waals surface area (Å²) in [4.78, 5) is 27.0. The molecular weight excluding hydrogens is 336 g/mol. The van der Waals surface area contributed by atoms with E-state index in [0.717, 1.165) is 31.0 Å². The van der Waals surface area contributed by atoms with E-state index in [4.69, 9.17) is 0 Å². The van der Waals surface area contributed by atoms with Crippen molar-refractivity contribution in [3.05, 3.63) is 45.7 Å². The summed E-state index contributed by atoms with van der Waals surface area (Å²) in [6.07, 6.45) is 0. The van der Waals surface area contributed by atoms with Gasteiger partial charge in [0.15, 0.2) is 0 Å². The van der Waals surface area contributed by atoms with Crippen molar-refractivity contribution in [1.82, 2.24) is 29.4 Å². The molecule has 0 radical (unpaired) electrons. The normalized spacial score (nSPS) is 15.8. The van der Waals surface area contributed by atoms with Gasteiger partial charge < -0.3 is 4.90 Å². The number of carbonyl (C=O) groups excluding carboxylic acids is 1. The Morgan fingerprint density at radius 2 is 2.00 bits per heavy atom. The van der Waals surface area contributed by atoms with Crippen molar-refractivity contribution in [2.75, 3.05) is 26.2 Å². The smallest absolute Gasteiger partial charge is 0.293 e. The van der Waals surface area contributed by atoms with Crippen LogP contribution in [0.3, 0.4) is 0 Å². The zero-order chi connectivity index (χ0) is 17.4. The molecule has 130 valence electrons. The summed E-state index contributed by atoms with van der Waals surface area (Å²) < 4.78 is 1.63. The van der Waals surface area contributed by atoms with Crippen LogP contribution in [0.4, 0.5) is 0 Å². The van der Waals surface area contributed by atoms with Crippen molar-refractivity contribution in [2.24, 2.45) is 0 Å². The highest BCUT2D eigenvalue weighted by atomic mass is 32.1. The Hall–Kier alpha value is -2.32. The largest absolute Gasteiger partial charge is 0.333 e. The molecule has 3 aromatic heterocycles. The van der Waals surface area contributed by atoms with Gasteiger partial charge in [-0.2, -0.15) is 4.98 Å². The molecule has 0 unspecified atom stereocenters. The summed E-state index contributed by atoms with van der Waals surface area (Å²) in [5, 5.41) is 6.45. The minimum Gasteiger partial charge on any atom is -0.333 e. The number of rotatable bonds is 3. The van der Waals surface area contributed by atoms with E-state index in [-0.39, 0.29) is 11.7 Å². The molecule has 3 aromatic rings. The standard InChI is InChI=1S/C17H20N6OS/c1-12-10-13(2)23-17(18-12)19-15(20-23)16(24)22-7-5-21(6-8-22)11-14-4-3-9-25-14/h3-4,9-10H,5-8,11H2,1-2H3. The van der Waals surface area contributed by atoms with Gasteiger partial charge in [-0.05, 0) is 31.4 Å². The molecule has 1 fully saturated rings. The predicted octanol–water partition coefficient (Wildman–Crippen LogP) is 1.76. The third-order valence-corrected chi connectivity index (χ3v) is 5.29. The third kappa shape index (κ3) is 3.27. The van der Waals surface area contributed by atoms with Gasteiger partial charge >= 0.3 is 0 Å². The Labute approximate surface area is 149 Å². The van der Waals surface area contributed by atoms with Crippen LogP contribution >= 0.6 is 11.3 Å². The highest BCUT2D eigenvalue weighted by Crippen LogP contribution is 2.14. The second-order valence-electron chi connectivity index (χ2n) is 6.33. The van der Waals surface area contributed by atoms with Crippen LogP contribution in [0.2, 0.25) is 0 Å². The van der Waals surface area contributed by atoms with Crippen LogP contribution in [-0.2, 0) is 6.54 Å². The number of piperazine rings is 1. The second-order valence-corrected chi connectivity index (χ2v) is 7.37. The molecule has 0 aliphatic carbocycles. The lowest BCUT2D eigenvalue weighted by Crippen LogP contribution is -2.48. The van der Waals surface area contributed by atoms with Crippen molar-refractivity contribution in [3.63, 3.8) is 0 Å². The van der Waals surface area contributed by atoms with E-state index in [9.17, 15) is 4.79 Å². The molecule has 0 saturated carbocycles. The van der Waals surface area contributed by atoms with E-state index in [1.807, 2.05) is 24.8 Å². The average Bonchev–Trinajstić information content (AvgIpc) is 3.24. The van der Waals surface area contributed by atoms with Gasteiger partial charge in [-0.25, -0.2) is 9.50 Å². The minimum absolute atomic E-state index is 0.113. The molecule has 0 spiro atoms. The number of nitrogens with zero attached hydrogens (tertiary/aromatic N) is 6. The lowest BCUT2D eigenvalue weighted by molar-refractivity contribution is 0.0618. The number of hydrogen-bond acceptors (Lipinski definition) is 6. The first-order valence-electron chi connectivity index (χ1n) is 8.35. The number of fused-ring (bicyclic) bond motifs is 1. The van der Waals surface area contributed by atoms with Gasteiger partial charge in [0.1, 0.15) is 0 Å². The monoisotopic (exact) mass is 356 g/mol. The second kappa shape index (κ2) is 6.53. The summed E-state index contributed by atoms with van der Waals surface area (Å²) >= 11 is 1.77. The molecular formula is C17H20N6OS. The molecule has 25 heavy (non-hydrogen) atoms. The summed E-state index contributed by atoms with van der Waals surface area (Å²) in [6.45, 7) is 7.94. The van der Waals surface area contributed by atoms with Crippen molar-refractivity contribution < 1.29 is 4.79 Å². The Bertz CT molecular complexity index is 895. The molecule has 0 N–H and O–H groups in total. The van der Waals surface area contributed by atoms with Gasteiger partial charge in [0.2, 0.25) is 5.82 Å². The number of amides is 1. The molecule has 4 heterocycles. The number of aromatic nitrogens is 4. The van der Waals surface area contributed by atoms with Gasteiger partial charge in [-0.15, -0.1) is 16.4 Å². The zero-order valence-electron chi connectivity index (χ0n) is 14.3. The maximum Gasteiger partial charge on any atom is 0.293 e. The van der Waals surface area contributed by atoms with E-state index in [1.165, 1.54) is 4.88 Å². The van der Waals surface area contributed by atoms with Crippen molar-refractivity contribution >= 4 is 23.0 Å². The van der Waals surface area contributed by atoms with Crippen LogP contribution in [0, 0.1) is 13.8 Å². The van der Waals surface area contributed by atoms with Crippen molar-refractivity contribution in [2.45, 2.75) is 20.4 Å². The Kier molecular flexibility index (Phi) is 4.22. The van der Waals surface area contributed by atoms with Crippen LogP contribution in [0.5, 0.6) is 0 Å². The predicted molar refractivity (Wildman–Crippen MR) is 95.8 cm³/mol. The molecule has 7 nitrogen and oxygen atoms in total. The average molecular weight is 356 g/mol. The number of carbonyl (C=O) groups is 1. The fourth-order valence-corrected chi connectivity index (χ4v) is 3.88. The van der Waals surface area contributed by atoms with Crippen LogP contribution in [0.25, 0.3) is 5.78 Å². The summed E-state index contributed by atoms with van der Waals surface area (Å²) in [5.74, 6) is 0.600. The molecule has 8 heteroatoms. The molecule has 0 atom stereocenters. The molecule has 1 saturated heterocycles. The van der Waals surface area contributed by atoms with E-state index in [2.05, 4.69) is 37.5 Å². The highest BCUT2D eigenvalue weighted by Gasteiger charge is 2.25. The maximum atomic E-state index is 12.7. The van der Waals surface area contributed by atoms with Gasteiger partial charge in [-0.1, -0.05) is 6.07 Å². The molecule has 0 aromatic carbocycles.